The summed E-state index contributed by atoms with van der Waals surface area (Å²) >= 11 is 0. The van der Waals surface area contributed by atoms with E-state index in [-0.39, 0.29) is 30.1 Å². The second-order valence-electron chi connectivity index (χ2n) is 7.45. The number of rotatable bonds is 7. The quantitative estimate of drug-likeness (QED) is 0.237. The van der Waals surface area contributed by atoms with E-state index in [4.69, 9.17) is 9.47 Å². The lowest BCUT2D eigenvalue weighted by molar-refractivity contribution is 0.254. The number of aromatic amines is 1. The molecule has 3 aromatic rings. The van der Waals surface area contributed by atoms with Crippen molar-refractivity contribution in [1.82, 2.24) is 25.8 Å². The molecule has 0 spiro atoms. The molecule has 3 N–H and O–H groups in total. The molecular formula is C23H29IN6O2. The molecule has 170 valence electrons. The summed E-state index contributed by atoms with van der Waals surface area (Å²) in [4.78, 5) is 8.55. The minimum Gasteiger partial charge on any atom is -0.494 e. The van der Waals surface area contributed by atoms with Crippen LogP contribution in [0.2, 0.25) is 0 Å². The van der Waals surface area contributed by atoms with Gasteiger partial charge in [0, 0.05) is 43.2 Å². The highest BCUT2D eigenvalue weighted by atomic mass is 127. The average Bonchev–Trinajstić information content (AvgIpc) is 3.43. The van der Waals surface area contributed by atoms with Gasteiger partial charge in [-0.05, 0) is 37.6 Å². The summed E-state index contributed by atoms with van der Waals surface area (Å²) in [5, 5.41) is 13.5. The SMILES string of the molecule is CCOc1cc2c(cc1CNC(=NC)NCc1cccc(-c3ncn[nH]3)c1)OC(C)C2.I. The van der Waals surface area contributed by atoms with Gasteiger partial charge in [-0.2, -0.15) is 5.10 Å². The van der Waals surface area contributed by atoms with Crippen LogP contribution in [-0.4, -0.2) is 40.9 Å². The molecule has 32 heavy (non-hydrogen) atoms. The zero-order chi connectivity index (χ0) is 21.6. The zero-order valence-electron chi connectivity index (χ0n) is 18.5. The Kier molecular flexibility index (Phi) is 8.32. The minimum atomic E-state index is 0. The van der Waals surface area contributed by atoms with Crippen LogP contribution in [0.5, 0.6) is 11.5 Å². The molecular weight excluding hydrogens is 519 g/mol. The van der Waals surface area contributed by atoms with Crippen LogP contribution in [0.15, 0.2) is 47.7 Å². The van der Waals surface area contributed by atoms with E-state index in [0.29, 0.717) is 25.7 Å². The molecule has 1 aliphatic heterocycles. The Morgan fingerprint density at radius 1 is 1.25 bits per heavy atom. The molecule has 0 fully saturated rings. The van der Waals surface area contributed by atoms with Crippen molar-refractivity contribution in [3.63, 3.8) is 0 Å². The average molecular weight is 548 g/mol. The molecule has 1 unspecified atom stereocenters. The minimum absolute atomic E-state index is 0. The Hall–Kier alpha value is -2.82. The molecule has 0 saturated carbocycles. The van der Waals surface area contributed by atoms with Crippen molar-refractivity contribution in [2.24, 2.45) is 4.99 Å². The molecule has 0 saturated heterocycles. The molecule has 0 aliphatic carbocycles. The molecule has 0 amide bonds. The molecule has 9 heteroatoms. The predicted molar refractivity (Wildman–Crippen MR) is 136 cm³/mol. The number of aromatic nitrogens is 3. The van der Waals surface area contributed by atoms with Crippen LogP contribution in [0.4, 0.5) is 0 Å². The second-order valence-corrected chi connectivity index (χ2v) is 7.45. The van der Waals surface area contributed by atoms with E-state index in [1.54, 1.807) is 7.05 Å². The molecule has 0 bridgehead atoms. The van der Waals surface area contributed by atoms with Gasteiger partial charge >= 0.3 is 0 Å². The number of hydrogen-bond acceptors (Lipinski definition) is 5. The molecule has 4 rings (SSSR count). The number of halogens is 1. The van der Waals surface area contributed by atoms with Crippen LogP contribution >= 0.6 is 24.0 Å². The molecule has 1 aliphatic rings. The van der Waals surface area contributed by atoms with Crippen molar-refractivity contribution in [3.8, 4) is 22.9 Å². The largest absolute Gasteiger partial charge is 0.494 e. The fourth-order valence-corrected chi connectivity index (χ4v) is 3.67. The van der Waals surface area contributed by atoms with Crippen molar-refractivity contribution in [2.45, 2.75) is 39.5 Å². The summed E-state index contributed by atoms with van der Waals surface area (Å²) in [5.41, 5.74) is 4.36. The maximum atomic E-state index is 5.92. The molecule has 1 aromatic heterocycles. The Bertz CT molecular complexity index is 1050. The van der Waals surface area contributed by atoms with Crippen molar-refractivity contribution < 1.29 is 9.47 Å². The van der Waals surface area contributed by atoms with Crippen LogP contribution in [0.3, 0.4) is 0 Å². The first kappa shape index (κ1) is 23.8. The summed E-state index contributed by atoms with van der Waals surface area (Å²) in [7, 11) is 1.76. The maximum absolute atomic E-state index is 5.92. The number of fused-ring (bicyclic) bond motifs is 1. The molecule has 2 aromatic carbocycles. The van der Waals surface area contributed by atoms with E-state index in [1.807, 2.05) is 19.1 Å². The van der Waals surface area contributed by atoms with Crippen LogP contribution < -0.4 is 20.1 Å². The van der Waals surface area contributed by atoms with Gasteiger partial charge in [-0.1, -0.05) is 18.2 Å². The Labute approximate surface area is 205 Å². The van der Waals surface area contributed by atoms with Crippen LogP contribution in [-0.2, 0) is 19.5 Å². The van der Waals surface area contributed by atoms with Gasteiger partial charge in [0.1, 0.15) is 23.9 Å². The first-order valence-corrected chi connectivity index (χ1v) is 10.5. The van der Waals surface area contributed by atoms with Crippen molar-refractivity contribution in [3.05, 3.63) is 59.4 Å². The molecule has 8 nitrogen and oxygen atoms in total. The first-order chi connectivity index (χ1) is 15.2. The summed E-state index contributed by atoms with van der Waals surface area (Å²) in [5.74, 6) is 3.30. The highest BCUT2D eigenvalue weighted by Gasteiger charge is 2.22. The standard InChI is InChI=1S/C23H28N6O2.HI/c1-4-30-20-10-18-8-15(2)31-21(18)11-19(20)13-26-23(24-3)25-12-16-6-5-7-17(9-16)22-27-14-28-29-22;/h5-7,9-11,14-15H,4,8,12-13H2,1-3H3,(H2,24,25,26)(H,27,28,29);1H. The van der Waals surface area contributed by atoms with E-state index >= 15 is 0 Å². The summed E-state index contributed by atoms with van der Waals surface area (Å²) in [6.07, 6.45) is 2.63. The normalized spacial score (nSPS) is 14.8. The predicted octanol–water partition coefficient (Wildman–Crippen LogP) is 3.68. The first-order valence-electron chi connectivity index (χ1n) is 10.5. The summed E-state index contributed by atoms with van der Waals surface area (Å²) in [6.45, 7) is 5.91. The highest BCUT2D eigenvalue weighted by molar-refractivity contribution is 14.0. The van der Waals surface area contributed by atoms with Crippen LogP contribution in [0.1, 0.15) is 30.5 Å². The van der Waals surface area contributed by atoms with E-state index in [9.17, 15) is 0 Å². The number of H-pyrrole nitrogens is 1. The summed E-state index contributed by atoms with van der Waals surface area (Å²) in [6, 6.07) is 12.3. The third-order valence-electron chi connectivity index (χ3n) is 5.12. The smallest absolute Gasteiger partial charge is 0.191 e. The summed E-state index contributed by atoms with van der Waals surface area (Å²) < 4.78 is 11.8. The lowest BCUT2D eigenvalue weighted by atomic mass is 10.1. The van der Waals surface area contributed by atoms with Crippen molar-refractivity contribution >= 4 is 29.9 Å². The molecule has 1 atom stereocenters. The van der Waals surface area contributed by atoms with Crippen molar-refractivity contribution in [2.75, 3.05) is 13.7 Å². The van der Waals surface area contributed by atoms with Gasteiger partial charge in [0.25, 0.3) is 0 Å². The Morgan fingerprint density at radius 3 is 2.84 bits per heavy atom. The Morgan fingerprint density at radius 2 is 2.09 bits per heavy atom. The highest BCUT2D eigenvalue weighted by Crippen LogP contribution is 2.35. The van der Waals surface area contributed by atoms with Crippen molar-refractivity contribution in [1.29, 1.82) is 0 Å². The van der Waals surface area contributed by atoms with E-state index in [0.717, 1.165) is 40.4 Å². The third-order valence-corrected chi connectivity index (χ3v) is 5.12. The van der Waals surface area contributed by atoms with E-state index < -0.39 is 0 Å². The lowest BCUT2D eigenvalue weighted by Crippen LogP contribution is -2.36. The lowest BCUT2D eigenvalue weighted by Gasteiger charge is -2.16. The van der Waals surface area contributed by atoms with Crippen LogP contribution in [0, 0.1) is 0 Å². The van der Waals surface area contributed by atoms with Gasteiger partial charge in [0.2, 0.25) is 0 Å². The zero-order valence-corrected chi connectivity index (χ0v) is 20.8. The Balaban J connectivity index is 0.00000289. The van der Waals surface area contributed by atoms with Gasteiger partial charge < -0.3 is 20.1 Å². The number of hydrogen-bond donors (Lipinski definition) is 3. The van der Waals surface area contributed by atoms with Gasteiger partial charge in [-0.25, -0.2) is 4.98 Å². The topological polar surface area (TPSA) is 96.5 Å². The number of ether oxygens (including phenoxy) is 2. The third kappa shape index (κ3) is 5.70. The number of guanidine groups is 1. The molecule has 2 heterocycles. The van der Waals surface area contributed by atoms with E-state index in [2.05, 4.69) is 62.0 Å². The second kappa shape index (κ2) is 11.2. The van der Waals surface area contributed by atoms with Crippen LogP contribution in [0.25, 0.3) is 11.4 Å². The van der Waals surface area contributed by atoms with Gasteiger partial charge in [0.15, 0.2) is 11.8 Å². The number of nitrogens with one attached hydrogen (secondary N) is 3. The van der Waals surface area contributed by atoms with Gasteiger partial charge in [-0.3, -0.25) is 10.1 Å². The maximum Gasteiger partial charge on any atom is 0.191 e. The number of benzene rings is 2. The van der Waals surface area contributed by atoms with Gasteiger partial charge in [0.05, 0.1) is 6.61 Å². The molecule has 0 radical (unpaired) electrons. The van der Waals surface area contributed by atoms with E-state index in [1.165, 1.54) is 11.9 Å². The van der Waals surface area contributed by atoms with Gasteiger partial charge in [-0.15, -0.1) is 24.0 Å². The fraction of sp³-hybridized carbons (Fsp3) is 0.348. The fourth-order valence-electron chi connectivity index (χ4n) is 3.67. The number of aliphatic imine (C=N–C) groups is 1. The number of nitrogens with zero attached hydrogens (tertiary/aromatic N) is 3. The monoisotopic (exact) mass is 548 g/mol.